The van der Waals surface area contributed by atoms with Crippen molar-refractivity contribution >= 4 is 34.8 Å². The molecule has 1 saturated heterocycles. The van der Waals surface area contributed by atoms with Gasteiger partial charge < -0.3 is 0 Å². The van der Waals surface area contributed by atoms with Gasteiger partial charge in [-0.2, -0.15) is 5.10 Å². The lowest BCUT2D eigenvalue weighted by Gasteiger charge is -2.10. The maximum Gasteiger partial charge on any atom is 0.258 e. The van der Waals surface area contributed by atoms with Gasteiger partial charge in [-0.25, -0.2) is 16.3 Å². The van der Waals surface area contributed by atoms with Gasteiger partial charge in [-0.05, 0) is 36.6 Å². The molecule has 2 unspecified atom stereocenters. The zero-order valence-electron chi connectivity index (χ0n) is 13.6. The van der Waals surface area contributed by atoms with Crippen molar-refractivity contribution in [1.82, 2.24) is 16.3 Å². The molecule has 1 aliphatic heterocycles. The van der Waals surface area contributed by atoms with Crippen LogP contribution >= 0.6 is 23.2 Å². The van der Waals surface area contributed by atoms with Crippen LogP contribution in [-0.4, -0.2) is 17.7 Å². The zero-order chi connectivity index (χ0) is 17.8. The summed E-state index contributed by atoms with van der Waals surface area (Å²) in [5, 5.41) is 5.18. The highest BCUT2D eigenvalue weighted by Crippen LogP contribution is 2.28. The Morgan fingerprint density at radius 3 is 2.60 bits per heavy atom. The van der Waals surface area contributed by atoms with E-state index in [-0.39, 0.29) is 18.0 Å². The van der Waals surface area contributed by atoms with Crippen molar-refractivity contribution in [1.29, 1.82) is 0 Å². The van der Waals surface area contributed by atoms with Gasteiger partial charge in [0.2, 0.25) is 0 Å². The van der Waals surface area contributed by atoms with Gasteiger partial charge in [-0.15, -0.1) is 0 Å². The van der Waals surface area contributed by atoms with Crippen LogP contribution < -0.4 is 16.3 Å². The van der Waals surface area contributed by atoms with E-state index in [0.717, 1.165) is 16.8 Å². The Morgan fingerprint density at radius 2 is 1.88 bits per heavy atom. The summed E-state index contributed by atoms with van der Waals surface area (Å²) in [6, 6.07) is 14.7. The molecule has 0 radical (unpaired) electrons. The van der Waals surface area contributed by atoms with Crippen molar-refractivity contribution in [2.24, 2.45) is 5.10 Å². The maximum atomic E-state index is 12.3. The minimum Gasteiger partial charge on any atom is -0.271 e. The zero-order valence-corrected chi connectivity index (χ0v) is 15.1. The summed E-state index contributed by atoms with van der Waals surface area (Å²) in [7, 11) is 0. The second kappa shape index (κ2) is 7.97. The van der Waals surface area contributed by atoms with Crippen LogP contribution in [0.25, 0.3) is 0 Å². The van der Waals surface area contributed by atoms with Crippen molar-refractivity contribution in [3.8, 4) is 0 Å². The molecule has 1 amide bonds. The number of carbonyl (C=O) groups excluding carboxylic acids is 1. The van der Waals surface area contributed by atoms with Crippen molar-refractivity contribution in [2.75, 3.05) is 0 Å². The molecule has 2 aromatic carbocycles. The van der Waals surface area contributed by atoms with Gasteiger partial charge in [0.05, 0.1) is 15.8 Å². The third-order valence-electron chi connectivity index (χ3n) is 4.09. The molecule has 3 N–H and O–H groups in total. The normalized spacial score (nSPS) is 20.5. The summed E-state index contributed by atoms with van der Waals surface area (Å²) in [5.74, 6) is -0.189. The Morgan fingerprint density at radius 1 is 1.12 bits per heavy atom. The summed E-state index contributed by atoms with van der Waals surface area (Å²) < 4.78 is 0. The molecule has 1 fully saturated rings. The number of rotatable bonds is 4. The standard InChI is InChI=1S/C18H18Cl2N4O/c1-11(12-5-3-2-4-6-12)21-24-18(25)17-10-16(22-23-17)13-7-8-14(19)15(20)9-13/h2-9,16-17,22-23H,10H2,1H3,(H,24,25)/b21-11+. The lowest BCUT2D eigenvalue weighted by atomic mass is 10.0. The topological polar surface area (TPSA) is 65.5 Å². The fraction of sp³-hybridized carbons (Fsp3) is 0.222. The summed E-state index contributed by atoms with van der Waals surface area (Å²) >= 11 is 12.0. The molecule has 0 spiro atoms. The van der Waals surface area contributed by atoms with E-state index >= 15 is 0 Å². The highest BCUT2D eigenvalue weighted by atomic mass is 35.5. The Labute approximate surface area is 156 Å². The number of halogens is 2. The van der Waals surface area contributed by atoms with E-state index in [2.05, 4.69) is 21.4 Å². The molecule has 0 saturated carbocycles. The number of nitrogens with zero attached hydrogens (tertiary/aromatic N) is 1. The third kappa shape index (κ3) is 4.38. The van der Waals surface area contributed by atoms with Gasteiger partial charge in [0.25, 0.3) is 5.91 Å². The van der Waals surface area contributed by atoms with Crippen LogP contribution in [0.1, 0.15) is 30.5 Å². The minimum atomic E-state index is -0.383. The molecule has 5 nitrogen and oxygen atoms in total. The fourth-order valence-corrected chi connectivity index (χ4v) is 2.94. The Hall–Kier alpha value is -1.92. The monoisotopic (exact) mass is 376 g/mol. The molecule has 3 rings (SSSR count). The van der Waals surface area contributed by atoms with Gasteiger partial charge in [-0.3, -0.25) is 4.79 Å². The third-order valence-corrected chi connectivity index (χ3v) is 4.83. The molecule has 1 aliphatic rings. The number of amides is 1. The van der Waals surface area contributed by atoms with E-state index in [1.165, 1.54) is 0 Å². The van der Waals surface area contributed by atoms with Gasteiger partial charge in [0, 0.05) is 6.04 Å². The SMILES string of the molecule is C/C(=N\NC(=O)C1CC(c2ccc(Cl)c(Cl)c2)NN1)c1ccccc1. The quantitative estimate of drug-likeness (QED) is 0.565. The Bertz CT molecular complexity index is 795. The minimum absolute atomic E-state index is 0.0234. The molecule has 2 aromatic rings. The number of hydrazone groups is 1. The van der Waals surface area contributed by atoms with Crippen molar-refractivity contribution < 1.29 is 4.79 Å². The molecule has 2 atom stereocenters. The number of nitrogens with one attached hydrogen (secondary N) is 3. The average molecular weight is 377 g/mol. The van der Waals surface area contributed by atoms with Crippen LogP contribution in [0, 0.1) is 0 Å². The summed E-state index contributed by atoms with van der Waals surface area (Å²) in [6.45, 7) is 1.86. The lowest BCUT2D eigenvalue weighted by molar-refractivity contribution is -0.122. The molecule has 130 valence electrons. The lowest BCUT2D eigenvalue weighted by Crippen LogP contribution is -2.41. The maximum absolute atomic E-state index is 12.3. The van der Waals surface area contributed by atoms with Gasteiger partial charge in [0.15, 0.2) is 0 Å². The van der Waals surface area contributed by atoms with E-state index in [0.29, 0.717) is 16.5 Å². The summed E-state index contributed by atoms with van der Waals surface area (Å²) in [5.41, 5.74) is 11.4. The van der Waals surface area contributed by atoms with Crippen LogP contribution in [-0.2, 0) is 4.79 Å². The van der Waals surface area contributed by atoms with E-state index in [9.17, 15) is 4.79 Å². The molecule has 0 bridgehead atoms. The number of hydrogen-bond acceptors (Lipinski definition) is 4. The molecule has 25 heavy (non-hydrogen) atoms. The summed E-state index contributed by atoms with van der Waals surface area (Å²) in [6.07, 6.45) is 0.587. The molecule has 0 aliphatic carbocycles. The first-order chi connectivity index (χ1) is 12.0. The van der Waals surface area contributed by atoms with Crippen LogP contribution in [0.2, 0.25) is 10.0 Å². The number of benzene rings is 2. The van der Waals surface area contributed by atoms with Gasteiger partial charge >= 0.3 is 0 Å². The smallest absolute Gasteiger partial charge is 0.258 e. The van der Waals surface area contributed by atoms with Gasteiger partial charge in [0.1, 0.15) is 6.04 Å². The van der Waals surface area contributed by atoms with E-state index in [1.807, 2.05) is 43.3 Å². The highest BCUT2D eigenvalue weighted by Gasteiger charge is 2.30. The van der Waals surface area contributed by atoms with Crippen molar-refractivity contribution in [3.05, 3.63) is 69.7 Å². The summed E-state index contributed by atoms with van der Waals surface area (Å²) in [4.78, 5) is 12.3. The van der Waals surface area contributed by atoms with E-state index in [1.54, 1.807) is 12.1 Å². The first kappa shape index (κ1) is 17.9. The molecule has 7 heteroatoms. The Kier molecular flexibility index (Phi) is 5.71. The van der Waals surface area contributed by atoms with Crippen LogP contribution in [0.5, 0.6) is 0 Å². The van der Waals surface area contributed by atoms with E-state index < -0.39 is 0 Å². The first-order valence-electron chi connectivity index (χ1n) is 7.90. The van der Waals surface area contributed by atoms with Crippen LogP contribution in [0.4, 0.5) is 0 Å². The Balaban J connectivity index is 1.60. The number of hydrazine groups is 1. The second-order valence-electron chi connectivity index (χ2n) is 5.84. The number of hydrogen-bond donors (Lipinski definition) is 3. The molecular formula is C18H18Cl2N4O. The molecule has 0 aromatic heterocycles. The average Bonchev–Trinajstić information content (AvgIpc) is 3.12. The van der Waals surface area contributed by atoms with E-state index in [4.69, 9.17) is 23.2 Å². The van der Waals surface area contributed by atoms with Gasteiger partial charge in [-0.1, -0.05) is 59.6 Å². The van der Waals surface area contributed by atoms with Crippen molar-refractivity contribution in [2.45, 2.75) is 25.4 Å². The second-order valence-corrected chi connectivity index (χ2v) is 6.66. The first-order valence-corrected chi connectivity index (χ1v) is 8.66. The van der Waals surface area contributed by atoms with Crippen LogP contribution in [0.15, 0.2) is 53.6 Å². The largest absolute Gasteiger partial charge is 0.271 e. The molecule has 1 heterocycles. The predicted octanol–water partition coefficient (Wildman–Crippen LogP) is 3.44. The predicted molar refractivity (Wildman–Crippen MR) is 101 cm³/mol. The highest BCUT2D eigenvalue weighted by molar-refractivity contribution is 6.42. The molecular weight excluding hydrogens is 359 g/mol. The van der Waals surface area contributed by atoms with Crippen LogP contribution in [0.3, 0.4) is 0 Å². The fourth-order valence-electron chi connectivity index (χ4n) is 2.64. The number of carbonyl (C=O) groups is 1. The van der Waals surface area contributed by atoms with Crippen molar-refractivity contribution in [3.63, 3.8) is 0 Å².